The van der Waals surface area contributed by atoms with E-state index in [-0.39, 0.29) is 29.6 Å². The van der Waals surface area contributed by atoms with Gasteiger partial charge in [-0.15, -0.1) is 0 Å². The van der Waals surface area contributed by atoms with E-state index in [2.05, 4.69) is 27.7 Å². The van der Waals surface area contributed by atoms with E-state index in [1.165, 1.54) is 0 Å². The van der Waals surface area contributed by atoms with Crippen molar-refractivity contribution in [2.75, 3.05) is 13.2 Å². The Kier molecular flexibility index (Phi) is 20.9. The first-order chi connectivity index (χ1) is 12.8. The van der Waals surface area contributed by atoms with Crippen LogP contribution in [0.15, 0.2) is 0 Å². The first-order valence-corrected chi connectivity index (χ1v) is 12.1. The minimum Gasteiger partial charge on any atom is -0.756 e. The molecule has 4 atom stereocenters. The monoisotopic (exact) mass is 432 g/mol. The largest absolute Gasteiger partial charge is 1.00 e. The average Bonchev–Trinajstić information content (AvgIpc) is 2.61. The topological polar surface area (TPSA) is 77.1 Å². The summed E-state index contributed by atoms with van der Waals surface area (Å²) in [6.07, 6.45) is 6.98. The molecule has 8 heteroatoms. The Labute approximate surface area is 195 Å². The minimum absolute atomic E-state index is 0. The summed E-state index contributed by atoms with van der Waals surface area (Å²) in [5.41, 5.74) is 0. The van der Waals surface area contributed by atoms with Gasteiger partial charge >= 0.3 is 29.6 Å². The van der Waals surface area contributed by atoms with Crippen LogP contribution in [0.3, 0.4) is 0 Å². The average molecular weight is 433 g/mol. The molecule has 0 aliphatic carbocycles. The predicted molar refractivity (Wildman–Crippen MR) is 107 cm³/mol. The predicted octanol–water partition coefficient (Wildman–Crippen LogP) is 2.65. The van der Waals surface area contributed by atoms with E-state index < -0.39 is 20.4 Å². The van der Waals surface area contributed by atoms with Crippen molar-refractivity contribution < 1.29 is 57.5 Å². The third-order valence-corrected chi connectivity index (χ3v) is 5.89. The summed E-state index contributed by atoms with van der Waals surface area (Å²) in [6, 6.07) is 0. The number of unbranched alkanes of at least 4 members (excludes halogenated alkanes) is 2. The Morgan fingerprint density at radius 1 is 0.786 bits per heavy atom. The van der Waals surface area contributed by atoms with Crippen molar-refractivity contribution in [2.24, 2.45) is 11.8 Å². The van der Waals surface area contributed by atoms with E-state index in [4.69, 9.17) is 18.5 Å². The molecule has 0 radical (unpaired) electrons. The summed E-state index contributed by atoms with van der Waals surface area (Å²) in [7, 11) is -4.48. The van der Waals surface area contributed by atoms with Crippen LogP contribution in [0.1, 0.15) is 92.9 Å². The van der Waals surface area contributed by atoms with Gasteiger partial charge in [0.05, 0.1) is 13.2 Å². The first-order valence-electron chi connectivity index (χ1n) is 10.7. The summed E-state index contributed by atoms with van der Waals surface area (Å²) in [6.45, 7) is 12.6. The summed E-state index contributed by atoms with van der Waals surface area (Å²) >= 11 is 0. The minimum atomic E-state index is -4.48. The SMILES string of the molecule is CCCCC(CC)COC(C)OP(=O)([O-])OC(C)OCC(CC)CCCC.[Na+]. The number of phosphoric acid groups is 1. The van der Waals surface area contributed by atoms with Gasteiger partial charge in [-0.25, -0.2) is 0 Å². The van der Waals surface area contributed by atoms with Gasteiger partial charge in [0, 0.05) is 0 Å². The number of ether oxygens (including phenoxy) is 2. The van der Waals surface area contributed by atoms with Crippen molar-refractivity contribution in [1.82, 2.24) is 0 Å². The Hall–Kier alpha value is 1.03. The molecule has 0 rings (SSSR count). The second kappa shape index (κ2) is 18.8. The maximum absolute atomic E-state index is 12.0. The molecule has 164 valence electrons. The van der Waals surface area contributed by atoms with Crippen LogP contribution in [0.4, 0.5) is 0 Å². The van der Waals surface area contributed by atoms with Crippen molar-refractivity contribution in [3.05, 3.63) is 0 Å². The Morgan fingerprint density at radius 3 is 1.43 bits per heavy atom. The van der Waals surface area contributed by atoms with Crippen LogP contribution < -0.4 is 34.5 Å². The molecule has 28 heavy (non-hydrogen) atoms. The van der Waals surface area contributed by atoms with Crippen LogP contribution in [0.25, 0.3) is 0 Å². The fourth-order valence-electron chi connectivity index (χ4n) is 2.79. The zero-order valence-electron chi connectivity index (χ0n) is 19.3. The second-order valence-electron chi connectivity index (χ2n) is 7.29. The molecule has 0 aromatic carbocycles. The summed E-state index contributed by atoms with van der Waals surface area (Å²) in [5, 5.41) is 0. The van der Waals surface area contributed by atoms with E-state index in [0.29, 0.717) is 25.0 Å². The molecule has 0 aromatic heterocycles. The van der Waals surface area contributed by atoms with E-state index in [0.717, 1.165) is 51.4 Å². The molecule has 0 spiro atoms. The van der Waals surface area contributed by atoms with E-state index in [1.807, 2.05) is 0 Å². The van der Waals surface area contributed by atoms with E-state index in [9.17, 15) is 9.46 Å². The van der Waals surface area contributed by atoms with Crippen molar-refractivity contribution in [1.29, 1.82) is 0 Å². The standard InChI is InChI=1S/C20H43O6P.Na/c1-7-11-13-19(9-3)15-23-17(5)25-27(21,22)26-18(6)24-16-20(10-4)14-12-8-2;/h17-20H,7-16H2,1-6H3,(H,21,22);/q;+1/p-1. The number of hydrogen-bond donors (Lipinski definition) is 0. The van der Waals surface area contributed by atoms with E-state index >= 15 is 0 Å². The van der Waals surface area contributed by atoms with Crippen LogP contribution >= 0.6 is 7.82 Å². The molecule has 0 aromatic rings. The van der Waals surface area contributed by atoms with Crippen LogP contribution in [-0.4, -0.2) is 25.8 Å². The van der Waals surface area contributed by atoms with E-state index in [1.54, 1.807) is 13.8 Å². The molecule has 6 nitrogen and oxygen atoms in total. The Balaban J connectivity index is 0. The molecule has 0 amide bonds. The molecule has 0 aliphatic heterocycles. The van der Waals surface area contributed by atoms with Crippen molar-refractivity contribution >= 4 is 7.82 Å². The van der Waals surface area contributed by atoms with Gasteiger partial charge in [0.25, 0.3) is 7.82 Å². The zero-order chi connectivity index (χ0) is 20.7. The quantitative estimate of drug-likeness (QED) is 0.188. The van der Waals surface area contributed by atoms with Gasteiger partial charge in [-0.05, 0) is 38.5 Å². The molecule has 0 saturated heterocycles. The molecule has 0 heterocycles. The van der Waals surface area contributed by atoms with Gasteiger partial charge in [-0.3, -0.25) is 13.6 Å². The fraction of sp³-hybridized carbons (Fsp3) is 1.00. The normalized spacial score (nSPS) is 18.0. The smallest absolute Gasteiger partial charge is 0.756 e. The zero-order valence-corrected chi connectivity index (χ0v) is 22.2. The van der Waals surface area contributed by atoms with Gasteiger partial charge in [-0.1, -0.05) is 66.2 Å². The molecular weight excluding hydrogens is 390 g/mol. The third-order valence-electron chi connectivity index (χ3n) is 4.77. The Morgan fingerprint density at radius 2 is 1.14 bits per heavy atom. The number of phosphoric ester groups is 1. The molecule has 0 N–H and O–H groups in total. The maximum Gasteiger partial charge on any atom is 1.00 e. The second-order valence-corrected chi connectivity index (χ2v) is 8.61. The fourth-order valence-corrected chi connectivity index (χ4v) is 3.69. The molecule has 0 saturated carbocycles. The molecule has 0 fully saturated rings. The van der Waals surface area contributed by atoms with Gasteiger partial charge < -0.3 is 14.4 Å². The summed E-state index contributed by atoms with van der Waals surface area (Å²) < 4.78 is 33.1. The van der Waals surface area contributed by atoms with Crippen LogP contribution in [0, 0.1) is 11.8 Å². The van der Waals surface area contributed by atoms with Gasteiger partial charge in [0.1, 0.15) is 0 Å². The third kappa shape index (κ3) is 16.8. The van der Waals surface area contributed by atoms with Crippen LogP contribution in [0.2, 0.25) is 0 Å². The summed E-state index contributed by atoms with van der Waals surface area (Å²) in [5.74, 6) is 0.832. The maximum atomic E-state index is 12.0. The molecule has 0 bridgehead atoms. The van der Waals surface area contributed by atoms with Crippen molar-refractivity contribution in [3.63, 3.8) is 0 Å². The first kappa shape index (κ1) is 31.2. The molecule has 0 aliphatic rings. The molecular formula is C20H42NaO6P. The number of rotatable bonds is 18. The Bertz CT molecular complexity index is 367. The summed E-state index contributed by atoms with van der Waals surface area (Å²) in [4.78, 5) is 12.0. The van der Waals surface area contributed by atoms with Gasteiger partial charge in [0.15, 0.2) is 12.6 Å². The van der Waals surface area contributed by atoms with Gasteiger partial charge in [-0.2, -0.15) is 0 Å². The van der Waals surface area contributed by atoms with Crippen molar-refractivity contribution in [3.8, 4) is 0 Å². The van der Waals surface area contributed by atoms with Crippen LogP contribution in [-0.2, 0) is 23.1 Å². The molecule has 4 unspecified atom stereocenters. The van der Waals surface area contributed by atoms with Crippen molar-refractivity contribution in [2.45, 2.75) is 105 Å². The number of hydrogen-bond acceptors (Lipinski definition) is 6. The van der Waals surface area contributed by atoms with Crippen LogP contribution in [0.5, 0.6) is 0 Å². The van der Waals surface area contributed by atoms with Gasteiger partial charge in [0.2, 0.25) is 0 Å².